The zero-order valence-corrected chi connectivity index (χ0v) is 13.0. The van der Waals surface area contributed by atoms with Gasteiger partial charge in [-0.1, -0.05) is 18.6 Å². The van der Waals surface area contributed by atoms with Gasteiger partial charge < -0.3 is 9.47 Å². The van der Waals surface area contributed by atoms with Crippen LogP contribution in [0.15, 0.2) is 18.2 Å². The summed E-state index contributed by atoms with van der Waals surface area (Å²) in [5.74, 6) is 1.78. The molecule has 0 amide bonds. The molecule has 0 spiro atoms. The SMILES string of the molecule is COc1cccc(C23CCCC(C2=O)N(C)CC3)c1OC. The number of benzene rings is 1. The molecule has 4 heteroatoms. The van der Waals surface area contributed by atoms with E-state index in [2.05, 4.69) is 11.9 Å². The molecule has 21 heavy (non-hydrogen) atoms. The van der Waals surface area contributed by atoms with Gasteiger partial charge in [0, 0.05) is 5.56 Å². The first-order valence-electron chi connectivity index (χ1n) is 7.60. The lowest BCUT2D eigenvalue weighted by atomic mass is 9.62. The van der Waals surface area contributed by atoms with E-state index in [9.17, 15) is 4.79 Å². The molecule has 4 nitrogen and oxygen atoms in total. The molecule has 1 saturated carbocycles. The third kappa shape index (κ3) is 2.04. The van der Waals surface area contributed by atoms with Crippen LogP contribution in [0.4, 0.5) is 0 Å². The van der Waals surface area contributed by atoms with Gasteiger partial charge in [-0.25, -0.2) is 0 Å². The Bertz CT molecular complexity index is 557. The highest BCUT2D eigenvalue weighted by Crippen LogP contribution is 2.49. The number of carbonyl (C=O) groups excluding carboxylic acids is 1. The van der Waals surface area contributed by atoms with Crippen molar-refractivity contribution in [1.29, 1.82) is 0 Å². The lowest BCUT2D eigenvalue weighted by molar-refractivity contribution is -0.136. The third-order valence-electron chi connectivity index (χ3n) is 5.20. The van der Waals surface area contributed by atoms with Crippen LogP contribution >= 0.6 is 0 Å². The summed E-state index contributed by atoms with van der Waals surface area (Å²) in [6.45, 7) is 0.955. The average molecular weight is 289 g/mol. The van der Waals surface area contributed by atoms with Gasteiger partial charge in [-0.2, -0.15) is 0 Å². The van der Waals surface area contributed by atoms with E-state index in [0.717, 1.165) is 43.5 Å². The molecule has 0 aromatic heterocycles. The number of nitrogens with zero attached hydrogens (tertiary/aromatic N) is 1. The van der Waals surface area contributed by atoms with E-state index in [1.165, 1.54) is 0 Å². The van der Waals surface area contributed by atoms with Gasteiger partial charge in [-0.05, 0) is 38.9 Å². The van der Waals surface area contributed by atoms with Crippen LogP contribution in [0, 0.1) is 0 Å². The number of likely N-dealkylation sites (tertiary alicyclic amines) is 1. The molecular formula is C17H23NO3. The molecule has 2 aliphatic rings. The van der Waals surface area contributed by atoms with E-state index in [0.29, 0.717) is 11.5 Å². The van der Waals surface area contributed by atoms with Crippen molar-refractivity contribution >= 4 is 5.78 Å². The Hall–Kier alpha value is -1.55. The van der Waals surface area contributed by atoms with Gasteiger partial charge in [0.2, 0.25) is 0 Å². The number of ketones is 1. The van der Waals surface area contributed by atoms with E-state index in [-0.39, 0.29) is 6.04 Å². The fourth-order valence-electron chi connectivity index (χ4n) is 4.03. The number of methoxy groups -OCH3 is 2. The van der Waals surface area contributed by atoms with Crippen LogP contribution in [-0.2, 0) is 10.2 Å². The zero-order valence-electron chi connectivity index (χ0n) is 13.0. The summed E-state index contributed by atoms with van der Waals surface area (Å²) < 4.78 is 11.0. The van der Waals surface area contributed by atoms with Crippen LogP contribution in [0.25, 0.3) is 0 Å². The maximum absolute atomic E-state index is 13.1. The van der Waals surface area contributed by atoms with Gasteiger partial charge in [0.05, 0.1) is 25.7 Å². The standard InChI is InChI=1S/C17H23NO3/c1-18-11-10-17(9-5-7-13(18)16(17)19)12-6-4-8-14(20-2)15(12)21-3/h4,6,8,13H,5,7,9-11H2,1-3H3. The minimum atomic E-state index is -0.394. The van der Waals surface area contributed by atoms with Crippen molar-refractivity contribution in [2.45, 2.75) is 37.1 Å². The monoisotopic (exact) mass is 289 g/mol. The van der Waals surface area contributed by atoms with Crippen LogP contribution in [0.2, 0.25) is 0 Å². The second-order valence-corrected chi connectivity index (χ2v) is 6.13. The zero-order chi connectivity index (χ0) is 15.0. The molecule has 1 aromatic rings. The molecule has 2 fully saturated rings. The Balaban J connectivity index is 2.12. The van der Waals surface area contributed by atoms with Crippen LogP contribution in [0.3, 0.4) is 0 Å². The van der Waals surface area contributed by atoms with Crippen molar-refractivity contribution in [2.75, 3.05) is 27.8 Å². The van der Waals surface area contributed by atoms with Crippen LogP contribution in [0.5, 0.6) is 11.5 Å². The van der Waals surface area contributed by atoms with Gasteiger partial charge in [0.1, 0.15) is 0 Å². The fourth-order valence-corrected chi connectivity index (χ4v) is 4.03. The van der Waals surface area contributed by atoms with Gasteiger partial charge in [-0.3, -0.25) is 9.69 Å². The Kier molecular flexibility index (Phi) is 3.66. The first-order valence-corrected chi connectivity index (χ1v) is 7.60. The van der Waals surface area contributed by atoms with Gasteiger partial charge in [-0.15, -0.1) is 0 Å². The fraction of sp³-hybridized carbons (Fsp3) is 0.588. The highest BCUT2D eigenvalue weighted by Gasteiger charge is 2.51. The molecule has 1 aromatic carbocycles. The normalized spacial score (nSPS) is 29.3. The summed E-state index contributed by atoms with van der Waals surface area (Å²) in [5.41, 5.74) is 0.613. The Morgan fingerprint density at radius 1 is 1.24 bits per heavy atom. The van der Waals surface area contributed by atoms with E-state index in [4.69, 9.17) is 9.47 Å². The van der Waals surface area contributed by atoms with Crippen molar-refractivity contribution < 1.29 is 14.3 Å². The molecule has 114 valence electrons. The molecule has 2 unspecified atom stereocenters. The van der Waals surface area contributed by atoms with Crippen LogP contribution in [0.1, 0.15) is 31.2 Å². The predicted octanol–water partition coefficient (Wildman–Crippen LogP) is 2.40. The summed E-state index contributed by atoms with van der Waals surface area (Å²) in [5, 5.41) is 0. The number of para-hydroxylation sites is 1. The summed E-state index contributed by atoms with van der Waals surface area (Å²) in [6.07, 6.45) is 3.84. The third-order valence-corrected chi connectivity index (χ3v) is 5.20. The number of piperidine rings is 1. The van der Waals surface area contributed by atoms with Crippen LogP contribution in [-0.4, -0.2) is 44.5 Å². The smallest absolute Gasteiger partial charge is 0.164 e. The molecule has 1 saturated heterocycles. The van der Waals surface area contributed by atoms with Gasteiger partial charge in [0.25, 0.3) is 0 Å². The maximum Gasteiger partial charge on any atom is 0.164 e. The number of Topliss-reactive ketones (excluding diaryl/α,β-unsaturated/α-hetero) is 1. The van der Waals surface area contributed by atoms with Crippen molar-refractivity contribution in [1.82, 2.24) is 4.90 Å². The average Bonchev–Trinajstić information content (AvgIpc) is 2.51. The van der Waals surface area contributed by atoms with Crippen LogP contribution < -0.4 is 9.47 Å². The highest BCUT2D eigenvalue weighted by atomic mass is 16.5. The number of rotatable bonds is 3. The summed E-state index contributed by atoms with van der Waals surface area (Å²) in [6, 6.07) is 5.94. The molecule has 0 N–H and O–H groups in total. The summed E-state index contributed by atoms with van der Waals surface area (Å²) >= 11 is 0. The Morgan fingerprint density at radius 2 is 2.05 bits per heavy atom. The van der Waals surface area contributed by atoms with Crippen molar-refractivity contribution in [3.8, 4) is 11.5 Å². The van der Waals surface area contributed by atoms with Crippen molar-refractivity contribution in [2.24, 2.45) is 0 Å². The first kappa shape index (κ1) is 14.4. The van der Waals surface area contributed by atoms with Crippen molar-refractivity contribution in [3.05, 3.63) is 23.8 Å². The topological polar surface area (TPSA) is 38.8 Å². The lowest BCUT2D eigenvalue weighted by Gasteiger charge is -2.48. The summed E-state index contributed by atoms with van der Waals surface area (Å²) in [4.78, 5) is 15.3. The first-order chi connectivity index (χ1) is 10.1. The highest BCUT2D eigenvalue weighted by molar-refractivity contribution is 5.96. The number of hydrogen-bond donors (Lipinski definition) is 0. The molecule has 0 radical (unpaired) electrons. The second-order valence-electron chi connectivity index (χ2n) is 6.13. The molecule has 3 rings (SSSR count). The maximum atomic E-state index is 13.1. The quantitative estimate of drug-likeness (QED) is 0.856. The largest absolute Gasteiger partial charge is 0.493 e. The number of ether oxygens (including phenoxy) is 2. The molecule has 1 heterocycles. The molecule has 2 bridgehead atoms. The van der Waals surface area contributed by atoms with Gasteiger partial charge in [0.15, 0.2) is 17.3 Å². The number of carbonyl (C=O) groups is 1. The molecular weight excluding hydrogens is 266 g/mol. The molecule has 1 aliphatic heterocycles. The van der Waals surface area contributed by atoms with E-state index >= 15 is 0 Å². The number of hydrogen-bond acceptors (Lipinski definition) is 4. The minimum Gasteiger partial charge on any atom is -0.493 e. The summed E-state index contributed by atoms with van der Waals surface area (Å²) in [7, 11) is 5.35. The van der Waals surface area contributed by atoms with E-state index < -0.39 is 5.41 Å². The predicted molar refractivity (Wildman–Crippen MR) is 81.1 cm³/mol. The number of fused-ring (bicyclic) bond motifs is 2. The molecule has 1 aliphatic carbocycles. The Morgan fingerprint density at radius 3 is 2.76 bits per heavy atom. The molecule has 2 atom stereocenters. The Labute approximate surface area is 126 Å². The van der Waals surface area contributed by atoms with E-state index in [1.54, 1.807) is 14.2 Å². The minimum absolute atomic E-state index is 0.0587. The number of likely N-dealkylation sites (N-methyl/N-ethyl adjacent to an activating group) is 1. The van der Waals surface area contributed by atoms with Gasteiger partial charge >= 0.3 is 0 Å². The van der Waals surface area contributed by atoms with E-state index in [1.807, 2.05) is 18.2 Å². The van der Waals surface area contributed by atoms with Crippen molar-refractivity contribution in [3.63, 3.8) is 0 Å². The lowest BCUT2D eigenvalue weighted by Crippen LogP contribution is -2.58. The second kappa shape index (κ2) is 5.34.